The van der Waals surface area contributed by atoms with Crippen LogP contribution in [0.25, 0.3) is 0 Å². The van der Waals surface area contributed by atoms with E-state index in [1.165, 1.54) is 7.11 Å². The van der Waals surface area contributed by atoms with E-state index >= 15 is 0 Å². The van der Waals surface area contributed by atoms with Crippen LogP contribution in [0.5, 0.6) is 0 Å². The van der Waals surface area contributed by atoms with Gasteiger partial charge in [0, 0.05) is 12.4 Å². The number of carbonyl (C=O) groups is 1. The Morgan fingerprint density at radius 3 is 2.81 bits per heavy atom. The lowest BCUT2D eigenvalue weighted by atomic mass is 9.75. The summed E-state index contributed by atoms with van der Waals surface area (Å²) in [5, 5.41) is 3.16. The lowest BCUT2D eigenvalue weighted by Crippen LogP contribution is -2.56. The van der Waals surface area contributed by atoms with Gasteiger partial charge in [0.05, 0.1) is 26.4 Å². The normalized spacial score (nSPS) is 19.9. The van der Waals surface area contributed by atoms with Gasteiger partial charge >= 0.3 is 5.97 Å². The molecule has 1 aliphatic rings. The van der Waals surface area contributed by atoms with Gasteiger partial charge in [0.1, 0.15) is 5.41 Å². The highest BCUT2D eigenvalue weighted by Gasteiger charge is 2.53. The summed E-state index contributed by atoms with van der Waals surface area (Å²) in [6, 6.07) is 1.87. The molecular formula is C11H16N2O3. The molecule has 16 heavy (non-hydrogen) atoms. The van der Waals surface area contributed by atoms with E-state index in [1.807, 2.05) is 25.5 Å². The highest BCUT2D eigenvalue weighted by Crippen LogP contribution is 2.41. The molecular weight excluding hydrogens is 208 g/mol. The monoisotopic (exact) mass is 224 g/mol. The van der Waals surface area contributed by atoms with E-state index in [4.69, 9.17) is 9.47 Å². The van der Waals surface area contributed by atoms with Crippen molar-refractivity contribution in [2.45, 2.75) is 6.04 Å². The minimum atomic E-state index is -0.592. The van der Waals surface area contributed by atoms with Crippen LogP contribution in [-0.2, 0) is 14.3 Å². The van der Waals surface area contributed by atoms with Crippen molar-refractivity contribution < 1.29 is 14.3 Å². The zero-order chi connectivity index (χ0) is 11.6. The van der Waals surface area contributed by atoms with Crippen molar-refractivity contribution >= 4 is 5.97 Å². The zero-order valence-electron chi connectivity index (χ0n) is 9.45. The van der Waals surface area contributed by atoms with Gasteiger partial charge in [0.25, 0.3) is 0 Å². The van der Waals surface area contributed by atoms with Crippen LogP contribution in [-0.4, -0.2) is 38.3 Å². The van der Waals surface area contributed by atoms with Crippen LogP contribution >= 0.6 is 0 Å². The van der Waals surface area contributed by atoms with E-state index in [2.05, 4.69) is 10.3 Å². The zero-order valence-corrected chi connectivity index (χ0v) is 9.45. The highest BCUT2D eigenvalue weighted by molar-refractivity contribution is 5.79. The van der Waals surface area contributed by atoms with E-state index in [0.29, 0.717) is 13.2 Å². The number of aromatic amines is 1. The van der Waals surface area contributed by atoms with Gasteiger partial charge in [-0.05, 0) is 18.7 Å². The summed E-state index contributed by atoms with van der Waals surface area (Å²) in [6.45, 7) is 0.798. The van der Waals surface area contributed by atoms with Crippen molar-refractivity contribution in [3.05, 3.63) is 24.0 Å². The lowest BCUT2D eigenvalue weighted by molar-refractivity contribution is -0.190. The maximum absolute atomic E-state index is 11.9. The molecule has 0 saturated carbocycles. The molecule has 5 heteroatoms. The number of hydrogen-bond donors (Lipinski definition) is 2. The number of hydrogen-bond acceptors (Lipinski definition) is 4. The van der Waals surface area contributed by atoms with E-state index < -0.39 is 5.41 Å². The summed E-state index contributed by atoms with van der Waals surface area (Å²) < 4.78 is 10.1. The van der Waals surface area contributed by atoms with Gasteiger partial charge in [-0.3, -0.25) is 4.79 Å². The second-order valence-electron chi connectivity index (χ2n) is 4.01. The fourth-order valence-electron chi connectivity index (χ4n) is 2.21. The molecule has 1 unspecified atom stereocenters. The predicted molar refractivity (Wildman–Crippen MR) is 57.9 cm³/mol. The van der Waals surface area contributed by atoms with Crippen molar-refractivity contribution in [3.8, 4) is 0 Å². The molecule has 0 bridgehead atoms. The highest BCUT2D eigenvalue weighted by atomic mass is 16.5. The summed E-state index contributed by atoms with van der Waals surface area (Å²) in [6.07, 6.45) is 3.72. The molecule has 2 heterocycles. The standard InChI is InChI=1S/C11H16N2O3/c1-12-9(8-3-4-13-5-8)11(6-16-7-11)10(14)15-2/h3-5,9,12-13H,6-7H2,1-2H3. The van der Waals surface area contributed by atoms with E-state index in [9.17, 15) is 4.79 Å². The predicted octanol–water partition coefficient (Wildman–Crippen LogP) is 0.465. The summed E-state index contributed by atoms with van der Waals surface area (Å²) in [5.74, 6) is -0.223. The second-order valence-corrected chi connectivity index (χ2v) is 4.01. The molecule has 5 nitrogen and oxygen atoms in total. The van der Waals surface area contributed by atoms with Gasteiger partial charge in [-0.25, -0.2) is 0 Å². The second kappa shape index (κ2) is 4.27. The molecule has 0 spiro atoms. The Morgan fingerprint density at radius 2 is 2.44 bits per heavy atom. The molecule has 1 aromatic heterocycles. The van der Waals surface area contributed by atoms with Crippen molar-refractivity contribution in [2.24, 2.45) is 5.41 Å². The topological polar surface area (TPSA) is 63.4 Å². The van der Waals surface area contributed by atoms with Crippen LogP contribution in [0.1, 0.15) is 11.6 Å². The fourth-order valence-corrected chi connectivity index (χ4v) is 2.21. The third kappa shape index (κ3) is 1.52. The van der Waals surface area contributed by atoms with Crippen LogP contribution < -0.4 is 5.32 Å². The van der Waals surface area contributed by atoms with Crippen LogP contribution in [0.3, 0.4) is 0 Å². The molecule has 1 aromatic rings. The van der Waals surface area contributed by atoms with Gasteiger partial charge < -0.3 is 19.8 Å². The number of esters is 1. The molecule has 2 N–H and O–H groups in total. The number of carbonyl (C=O) groups excluding carboxylic acids is 1. The Balaban J connectivity index is 2.28. The van der Waals surface area contributed by atoms with Crippen LogP contribution in [0, 0.1) is 5.41 Å². The first-order valence-corrected chi connectivity index (χ1v) is 5.21. The first-order chi connectivity index (χ1) is 7.74. The van der Waals surface area contributed by atoms with Crippen LogP contribution in [0.15, 0.2) is 18.5 Å². The summed E-state index contributed by atoms with van der Waals surface area (Å²) in [5.41, 5.74) is 0.447. The average Bonchev–Trinajstić information content (AvgIpc) is 2.75. The minimum absolute atomic E-state index is 0.0834. The Labute approximate surface area is 94.1 Å². The fraction of sp³-hybridized carbons (Fsp3) is 0.545. The molecule has 0 amide bonds. The Bertz CT molecular complexity index is 357. The van der Waals surface area contributed by atoms with Crippen molar-refractivity contribution in [3.63, 3.8) is 0 Å². The summed E-state index contributed by atoms with van der Waals surface area (Å²) >= 11 is 0. The Kier molecular flexibility index (Phi) is 2.98. The first-order valence-electron chi connectivity index (χ1n) is 5.21. The molecule has 1 saturated heterocycles. The number of methoxy groups -OCH3 is 1. The molecule has 1 atom stereocenters. The molecule has 1 aliphatic heterocycles. The molecule has 88 valence electrons. The lowest BCUT2D eigenvalue weighted by Gasteiger charge is -2.44. The third-order valence-electron chi connectivity index (χ3n) is 3.11. The van der Waals surface area contributed by atoms with Gasteiger partial charge in [0.15, 0.2) is 0 Å². The molecule has 1 fully saturated rings. The quantitative estimate of drug-likeness (QED) is 0.729. The van der Waals surface area contributed by atoms with E-state index in [0.717, 1.165) is 5.56 Å². The number of rotatable bonds is 4. The van der Waals surface area contributed by atoms with Crippen LogP contribution in [0.2, 0.25) is 0 Å². The number of aromatic nitrogens is 1. The maximum atomic E-state index is 11.9. The molecule has 0 radical (unpaired) electrons. The SMILES string of the molecule is CNC(c1cc[nH]c1)C1(C(=O)OC)COC1. The van der Waals surface area contributed by atoms with Crippen molar-refractivity contribution in [2.75, 3.05) is 27.4 Å². The van der Waals surface area contributed by atoms with Crippen molar-refractivity contribution in [1.29, 1.82) is 0 Å². The number of H-pyrrole nitrogens is 1. The Morgan fingerprint density at radius 1 is 1.69 bits per heavy atom. The summed E-state index contributed by atoms with van der Waals surface area (Å²) in [7, 11) is 3.24. The third-order valence-corrected chi connectivity index (χ3v) is 3.11. The van der Waals surface area contributed by atoms with Gasteiger partial charge in [-0.2, -0.15) is 0 Å². The van der Waals surface area contributed by atoms with E-state index in [-0.39, 0.29) is 12.0 Å². The molecule has 2 rings (SSSR count). The molecule has 0 aliphatic carbocycles. The van der Waals surface area contributed by atoms with Gasteiger partial charge in [-0.1, -0.05) is 0 Å². The average molecular weight is 224 g/mol. The smallest absolute Gasteiger partial charge is 0.318 e. The summed E-state index contributed by atoms with van der Waals surface area (Å²) in [4.78, 5) is 14.8. The number of ether oxygens (including phenoxy) is 2. The van der Waals surface area contributed by atoms with Crippen molar-refractivity contribution in [1.82, 2.24) is 10.3 Å². The Hall–Kier alpha value is -1.33. The van der Waals surface area contributed by atoms with E-state index in [1.54, 1.807) is 0 Å². The van der Waals surface area contributed by atoms with Gasteiger partial charge in [-0.15, -0.1) is 0 Å². The first kappa shape index (κ1) is 11.2. The maximum Gasteiger partial charge on any atom is 0.318 e. The van der Waals surface area contributed by atoms with Crippen LogP contribution in [0.4, 0.5) is 0 Å². The number of nitrogens with one attached hydrogen (secondary N) is 2. The largest absolute Gasteiger partial charge is 0.468 e. The minimum Gasteiger partial charge on any atom is -0.468 e. The van der Waals surface area contributed by atoms with Gasteiger partial charge in [0.2, 0.25) is 0 Å². The molecule has 0 aromatic carbocycles.